The zero-order valence-electron chi connectivity index (χ0n) is 22.6. The Morgan fingerprint density at radius 3 is 2.31 bits per heavy atom. The second kappa shape index (κ2) is 21.0. The van der Waals surface area contributed by atoms with Crippen LogP contribution in [-0.4, -0.2) is 46.2 Å². The normalized spacial score (nSPS) is 23.5. The molecule has 0 spiro atoms. The maximum absolute atomic E-state index is 11.8. The Hall–Kier alpha value is -1.17. The molecular weight excluding hydrogens is 440 g/mol. The molecule has 5 heteroatoms. The van der Waals surface area contributed by atoms with Crippen molar-refractivity contribution in [3.05, 3.63) is 24.3 Å². The number of rotatable bonds is 21. The van der Waals surface area contributed by atoms with E-state index >= 15 is 0 Å². The topological polar surface area (TPSA) is 87.0 Å². The Balaban J connectivity index is 2.15. The third-order valence-corrected chi connectivity index (χ3v) is 7.16. The van der Waals surface area contributed by atoms with Crippen molar-refractivity contribution in [2.75, 3.05) is 6.61 Å². The number of allylic oxidation sites excluding steroid dienone is 2. The van der Waals surface area contributed by atoms with Gasteiger partial charge in [0.05, 0.1) is 24.9 Å². The molecule has 204 valence electrons. The minimum absolute atomic E-state index is 0.0204. The van der Waals surface area contributed by atoms with Crippen molar-refractivity contribution in [3.8, 4) is 0 Å². The van der Waals surface area contributed by atoms with Gasteiger partial charge in [-0.2, -0.15) is 0 Å². The first-order valence-corrected chi connectivity index (χ1v) is 14.5. The van der Waals surface area contributed by atoms with Gasteiger partial charge in [0.2, 0.25) is 0 Å². The summed E-state index contributed by atoms with van der Waals surface area (Å²) in [6.45, 7) is 4.85. The van der Waals surface area contributed by atoms with Crippen LogP contribution in [0.1, 0.15) is 123 Å². The van der Waals surface area contributed by atoms with Gasteiger partial charge in [0.1, 0.15) is 0 Å². The molecule has 1 aliphatic carbocycles. The van der Waals surface area contributed by atoms with Crippen molar-refractivity contribution in [1.82, 2.24) is 0 Å². The van der Waals surface area contributed by atoms with E-state index in [0.717, 1.165) is 57.8 Å². The number of carbonyl (C=O) groups excluding carboxylic acids is 1. The van der Waals surface area contributed by atoms with Crippen LogP contribution in [0.5, 0.6) is 0 Å². The predicted molar refractivity (Wildman–Crippen MR) is 144 cm³/mol. The van der Waals surface area contributed by atoms with Crippen molar-refractivity contribution < 1.29 is 24.9 Å². The van der Waals surface area contributed by atoms with Crippen molar-refractivity contribution in [2.24, 2.45) is 11.8 Å². The van der Waals surface area contributed by atoms with Gasteiger partial charge < -0.3 is 20.1 Å². The average Bonchev–Trinajstić information content (AvgIpc) is 3.10. The molecular formula is C30H54O5. The van der Waals surface area contributed by atoms with E-state index in [1.54, 1.807) is 6.08 Å². The highest BCUT2D eigenvalue weighted by molar-refractivity contribution is 5.69. The van der Waals surface area contributed by atoms with Gasteiger partial charge in [-0.05, 0) is 44.4 Å². The van der Waals surface area contributed by atoms with E-state index in [-0.39, 0.29) is 17.8 Å². The molecule has 1 rings (SSSR count). The molecule has 0 bridgehead atoms. The molecule has 5 atom stereocenters. The molecule has 1 saturated carbocycles. The summed E-state index contributed by atoms with van der Waals surface area (Å²) in [5.41, 5.74) is 0. The van der Waals surface area contributed by atoms with Crippen molar-refractivity contribution >= 4 is 5.97 Å². The largest absolute Gasteiger partial charge is 0.466 e. The van der Waals surface area contributed by atoms with Gasteiger partial charge in [0.15, 0.2) is 0 Å². The first-order valence-electron chi connectivity index (χ1n) is 14.5. The van der Waals surface area contributed by atoms with Crippen molar-refractivity contribution in [3.63, 3.8) is 0 Å². The van der Waals surface area contributed by atoms with Crippen LogP contribution in [0.15, 0.2) is 24.3 Å². The molecule has 0 aromatic heterocycles. The smallest absolute Gasteiger partial charge is 0.305 e. The molecule has 0 saturated heterocycles. The molecule has 5 nitrogen and oxygen atoms in total. The Morgan fingerprint density at radius 1 is 0.886 bits per heavy atom. The van der Waals surface area contributed by atoms with Crippen LogP contribution < -0.4 is 0 Å². The van der Waals surface area contributed by atoms with Gasteiger partial charge in [0, 0.05) is 18.8 Å². The molecule has 35 heavy (non-hydrogen) atoms. The van der Waals surface area contributed by atoms with Crippen LogP contribution in [0, 0.1) is 11.8 Å². The highest BCUT2D eigenvalue weighted by Crippen LogP contribution is 2.36. The number of carbonyl (C=O) groups is 1. The third kappa shape index (κ3) is 15.5. The van der Waals surface area contributed by atoms with Gasteiger partial charge >= 0.3 is 5.97 Å². The van der Waals surface area contributed by atoms with Crippen LogP contribution in [-0.2, 0) is 9.53 Å². The van der Waals surface area contributed by atoms with E-state index in [1.807, 2.05) is 6.08 Å². The quantitative estimate of drug-likeness (QED) is 0.0945. The molecule has 0 unspecified atom stereocenters. The highest BCUT2D eigenvalue weighted by Gasteiger charge is 2.39. The lowest BCUT2D eigenvalue weighted by Gasteiger charge is -2.19. The summed E-state index contributed by atoms with van der Waals surface area (Å²) in [5.74, 6) is -0.211. The van der Waals surface area contributed by atoms with E-state index in [2.05, 4.69) is 26.0 Å². The number of hydrogen-bond donors (Lipinski definition) is 3. The van der Waals surface area contributed by atoms with E-state index in [9.17, 15) is 20.1 Å². The van der Waals surface area contributed by atoms with Crippen LogP contribution in [0.25, 0.3) is 0 Å². The van der Waals surface area contributed by atoms with Crippen molar-refractivity contribution in [2.45, 2.75) is 141 Å². The van der Waals surface area contributed by atoms with Crippen LogP contribution in [0.3, 0.4) is 0 Å². The van der Waals surface area contributed by atoms with Gasteiger partial charge in [-0.1, -0.05) is 95.9 Å². The molecule has 0 aliphatic heterocycles. The predicted octanol–water partition coefficient (Wildman–Crippen LogP) is 6.64. The molecule has 3 N–H and O–H groups in total. The monoisotopic (exact) mass is 494 g/mol. The van der Waals surface area contributed by atoms with E-state index in [4.69, 9.17) is 4.74 Å². The second-order valence-electron chi connectivity index (χ2n) is 10.4. The van der Waals surface area contributed by atoms with Crippen molar-refractivity contribution in [1.29, 1.82) is 0 Å². The number of aliphatic hydroxyl groups is 3. The minimum atomic E-state index is -0.557. The first-order chi connectivity index (χ1) is 17.0. The zero-order valence-corrected chi connectivity index (χ0v) is 22.6. The molecule has 0 aromatic carbocycles. The Bertz CT molecular complexity index is 573. The average molecular weight is 495 g/mol. The molecule has 0 heterocycles. The summed E-state index contributed by atoms with van der Waals surface area (Å²) in [6, 6.07) is 0. The lowest BCUT2D eigenvalue weighted by atomic mass is 9.89. The fourth-order valence-electron chi connectivity index (χ4n) is 4.88. The fraction of sp³-hybridized carbons (Fsp3) is 0.833. The van der Waals surface area contributed by atoms with E-state index < -0.39 is 18.3 Å². The summed E-state index contributed by atoms with van der Waals surface area (Å²) >= 11 is 0. The SMILES string of the molecule is CCCCCCCCCC(=O)OCCCCC=CC[C@@H]1[C@@H](C=C[C@@H](O)CCCCC)[C@H](O)C[C@@H]1O. The fourth-order valence-corrected chi connectivity index (χ4v) is 4.88. The van der Waals surface area contributed by atoms with Crippen LogP contribution in [0.4, 0.5) is 0 Å². The molecule has 0 amide bonds. The van der Waals surface area contributed by atoms with Gasteiger partial charge in [-0.3, -0.25) is 4.79 Å². The summed E-state index contributed by atoms with van der Waals surface area (Å²) in [7, 11) is 0. The lowest BCUT2D eigenvalue weighted by molar-refractivity contribution is -0.143. The third-order valence-electron chi connectivity index (χ3n) is 7.16. The first kappa shape index (κ1) is 31.9. The Morgan fingerprint density at radius 2 is 1.57 bits per heavy atom. The summed E-state index contributed by atoms with van der Waals surface area (Å²) in [6.07, 6.45) is 23.2. The van der Waals surface area contributed by atoms with Gasteiger partial charge in [0.25, 0.3) is 0 Å². The number of esters is 1. The highest BCUT2D eigenvalue weighted by atomic mass is 16.5. The Labute approximate surface area is 215 Å². The molecule has 1 fully saturated rings. The summed E-state index contributed by atoms with van der Waals surface area (Å²) in [5, 5.41) is 30.9. The van der Waals surface area contributed by atoms with Crippen LogP contribution >= 0.6 is 0 Å². The summed E-state index contributed by atoms with van der Waals surface area (Å²) in [4.78, 5) is 11.8. The Kier molecular flexibility index (Phi) is 19.1. The summed E-state index contributed by atoms with van der Waals surface area (Å²) < 4.78 is 5.34. The maximum Gasteiger partial charge on any atom is 0.305 e. The number of unbranched alkanes of at least 4 members (excludes halogenated alkanes) is 10. The lowest BCUT2D eigenvalue weighted by Crippen LogP contribution is -2.20. The standard InChI is InChI=1S/C30H54O5/c1-3-5-7-8-9-12-16-20-30(34)35-23-17-13-10-11-15-19-26-27(29(33)24-28(26)32)22-21-25(31)18-14-6-4-2/h11,15,21-22,25-29,31-33H,3-10,12-14,16-20,23-24H2,1-2H3/t25-,26+,27+,28-,29+/m0/s1. The van der Waals surface area contributed by atoms with Gasteiger partial charge in [-0.15, -0.1) is 0 Å². The second-order valence-corrected chi connectivity index (χ2v) is 10.4. The number of ether oxygens (including phenoxy) is 1. The minimum Gasteiger partial charge on any atom is -0.466 e. The number of hydrogen-bond acceptors (Lipinski definition) is 5. The molecule has 1 aliphatic rings. The number of aliphatic hydroxyl groups excluding tert-OH is 3. The zero-order chi connectivity index (χ0) is 25.7. The van der Waals surface area contributed by atoms with E-state index in [0.29, 0.717) is 25.9 Å². The van der Waals surface area contributed by atoms with E-state index in [1.165, 1.54) is 32.1 Å². The van der Waals surface area contributed by atoms with Crippen LogP contribution in [0.2, 0.25) is 0 Å². The van der Waals surface area contributed by atoms with Gasteiger partial charge in [-0.25, -0.2) is 0 Å². The molecule has 0 radical (unpaired) electrons. The maximum atomic E-state index is 11.8. The molecule has 0 aromatic rings.